The third-order valence-electron chi connectivity index (χ3n) is 4.31. The SMILES string of the molecule is Nc1cc(Cl)ccc1S(=O)(=O)N[C@@H]1C[C@H]2CC[C@H]1C2. The van der Waals surface area contributed by atoms with E-state index < -0.39 is 10.0 Å². The number of nitrogen functional groups attached to an aromatic ring is 1. The minimum Gasteiger partial charge on any atom is -0.398 e. The normalized spacial score (nSPS) is 29.8. The molecule has 0 saturated heterocycles. The number of fused-ring (bicyclic) bond motifs is 2. The quantitative estimate of drug-likeness (QED) is 0.842. The van der Waals surface area contributed by atoms with Crippen molar-refractivity contribution >= 4 is 27.3 Å². The third-order valence-corrected chi connectivity index (χ3v) is 6.10. The Bertz CT molecular complexity index is 603. The Morgan fingerprint density at radius 2 is 2.05 bits per heavy atom. The van der Waals surface area contributed by atoms with Crippen molar-refractivity contribution in [1.29, 1.82) is 0 Å². The number of halogens is 1. The first-order valence-electron chi connectivity index (χ1n) is 6.53. The van der Waals surface area contributed by atoms with Gasteiger partial charge in [-0.05, 0) is 49.3 Å². The van der Waals surface area contributed by atoms with Gasteiger partial charge in [0, 0.05) is 11.1 Å². The van der Waals surface area contributed by atoms with E-state index in [2.05, 4.69) is 4.72 Å². The van der Waals surface area contributed by atoms with Crippen molar-refractivity contribution < 1.29 is 8.42 Å². The lowest BCUT2D eigenvalue weighted by molar-refractivity contribution is 0.390. The summed E-state index contributed by atoms with van der Waals surface area (Å²) in [6.45, 7) is 0. The zero-order valence-electron chi connectivity index (χ0n) is 10.5. The molecule has 19 heavy (non-hydrogen) atoms. The van der Waals surface area contributed by atoms with Crippen LogP contribution in [0.5, 0.6) is 0 Å². The van der Waals surface area contributed by atoms with Gasteiger partial charge >= 0.3 is 0 Å². The van der Waals surface area contributed by atoms with Crippen LogP contribution in [0.15, 0.2) is 23.1 Å². The van der Waals surface area contributed by atoms with Crippen molar-refractivity contribution in [3.8, 4) is 0 Å². The van der Waals surface area contributed by atoms with Crippen LogP contribution in [0.3, 0.4) is 0 Å². The maximum atomic E-state index is 12.4. The van der Waals surface area contributed by atoms with Crippen LogP contribution in [0.1, 0.15) is 25.7 Å². The summed E-state index contributed by atoms with van der Waals surface area (Å²) in [7, 11) is -3.55. The standard InChI is InChI=1S/C13H17ClN2O2S/c14-10-3-4-13(11(15)7-10)19(17,18)16-12-6-8-1-2-9(12)5-8/h3-4,7-9,12,16H,1-2,5-6,15H2/t8-,9-,12+/m0/s1. The first-order chi connectivity index (χ1) is 8.95. The Hall–Kier alpha value is -0.780. The second-order valence-corrected chi connectivity index (χ2v) is 7.70. The number of nitrogens with one attached hydrogen (secondary N) is 1. The molecule has 3 atom stereocenters. The summed E-state index contributed by atoms with van der Waals surface area (Å²) < 4.78 is 27.5. The van der Waals surface area contributed by atoms with Gasteiger partial charge in [-0.25, -0.2) is 13.1 Å². The van der Waals surface area contributed by atoms with E-state index in [0.29, 0.717) is 16.9 Å². The number of anilines is 1. The predicted octanol–water partition coefficient (Wildman–Crippen LogP) is 2.39. The average molecular weight is 301 g/mol. The van der Waals surface area contributed by atoms with E-state index in [9.17, 15) is 8.42 Å². The van der Waals surface area contributed by atoms with Crippen molar-refractivity contribution in [2.45, 2.75) is 36.6 Å². The van der Waals surface area contributed by atoms with E-state index in [-0.39, 0.29) is 16.6 Å². The molecule has 104 valence electrons. The molecule has 1 aromatic rings. The predicted molar refractivity (Wildman–Crippen MR) is 75.4 cm³/mol. The van der Waals surface area contributed by atoms with Crippen molar-refractivity contribution in [2.24, 2.45) is 11.8 Å². The van der Waals surface area contributed by atoms with Crippen LogP contribution in [0, 0.1) is 11.8 Å². The van der Waals surface area contributed by atoms with Gasteiger partial charge in [-0.2, -0.15) is 0 Å². The van der Waals surface area contributed by atoms with Crippen LogP contribution in [0.25, 0.3) is 0 Å². The molecular formula is C13H17ClN2O2S. The zero-order valence-corrected chi connectivity index (χ0v) is 12.0. The highest BCUT2D eigenvalue weighted by Gasteiger charge is 2.41. The molecule has 4 nitrogen and oxygen atoms in total. The Morgan fingerprint density at radius 3 is 2.63 bits per heavy atom. The Balaban J connectivity index is 1.83. The number of hydrogen-bond acceptors (Lipinski definition) is 3. The lowest BCUT2D eigenvalue weighted by Gasteiger charge is -2.23. The molecule has 2 fully saturated rings. The summed E-state index contributed by atoms with van der Waals surface area (Å²) in [6.07, 6.45) is 4.49. The molecule has 0 aromatic heterocycles. The van der Waals surface area contributed by atoms with E-state index in [1.165, 1.54) is 18.6 Å². The molecule has 2 aliphatic rings. The summed E-state index contributed by atoms with van der Waals surface area (Å²) in [4.78, 5) is 0.125. The molecule has 2 bridgehead atoms. The maximum absolute atomic E-state index is 12.4. The highest BCUT2D eigenvalue weighted by molar-refractivity contribution is 7.89. The second-order valence-electron chi connectivity index (χ2n) is 5.58. The number of hydrogen-bond donors (Lipinski definition) is 2. The molecule has 0 aliphatic heterocycles. The van der Waals surface area contributed by atoms with E-state index in [4.69, 9.17) is 17.3 Å². The molecule has 0 unspecified atom stereocenters. The van der Waals surface area contributed by atoms with Crippen LogP contribution in [0.4, 0.5) is 5.69 Å². The lowest BCUT2D eigenvalue weighted by atomic mass is 9.96. The fraction of sp³-hybridized carbons (Fsp3) is 0.538. The molecular weight excluding hydrogens is 284 g/mol. The third kappa shape index (κ3) is 2.47. The van der Waals surface area contributed by atoms with Gasteiger partial charge in [-0.1, -0.05) is 18.0 Å². The molecule has 0 radical (unpaired) electrons. The molecule has 2 saturated carbocycles. The lowest BCUT2D eigenvalue weighted by Crippen LogP contribution is -2.38. The van der Waals surface area contributed by atoms with Gasteiger partial charge in [0.15, 0.2) is 0 Å². The van der Waals surface area contributed by atoms with Crippen LogP contribution in [-0.4, -0.2) is 14.5 Å². The fourth-order valence-electron chi connectivity index (χ4n) is 3.42. The van der Waals surface area contributed by atoms with E-state index in [1.54, 1.807) is 6.07 Å². The van der Waals surface area contributed by atoms with Crippen LogP contribution < -0.4 is 10.5 Å². The molecule has 0 heterocycles. The highest BCUT2D eigenvalue weighted by atomic mass is 35.5. The van der Waals surface area contributed by atoms with Crippen molar-refractivity contribution in [3.63, 3.8) is 0 Å². The minimum absolute atomic E-state index is 0.0684. The monoisotopic (exact) mass is 300 g/mol. The fourth-order valence-corrected chi connectivity index (χ4v) is 5.03. The largest absolute Gasteiger partial charge is 0.398 e. The number of nitrogens with two attached hydrogens (primary N) is 1. The van der Waals surface area contributed by atoms with Gasteiger partial charge < -0.3 is 5.73 Å². The summed E-state index contributed by atoms with van der Waals surface area (Å²) in [6, 6.07) is 4.55. The van der Waals surface area contributed by atoms with Crippen molar-refractivity contribution in [1.82, 2.24) is 4.72 Å². The van der Waals surface area contributed by atoms with Gasteiger partial charge in [0.25, 0.3) is 0 Å². The molecule has 3 rings (SSSR count). The van der Waals surface area contributed by atoms with E-state index in [0.717, 1.165) is 19.3 Å². The first kappa shape index (κ1) is 13.2. The Kier molecular flexibility index (Phi) is 3.23. The smallest absolute Gasteiger partial charge is 0.242 e. The van der Waals surface area contributed by atoms with Crippen molar-refractivity contribution in [2.75, 3.05) is 5.73 Å². The van der Waals surface area contributed by atoms with Crippen molar-refractivity contribution in [3.05, 3.63) is 23.2 Å². The molecule has 3 N–H and O–H groups in total. The first-order valence-corrected chi connectivity index (χ1v) is 8.39. The van der Waals surface area contributed by atoms with Crippen LogP contribution in [0.2, 0.25) is 5.02 Å². The van der Waals surface area contributed by atoms with Gasteiger partial charge in [-0.3, -0.25) is 0 Å². The van der Waals surface area contributed by atoms with Crippen LogP contribution in [-0.2, 0) is 10.0 Å². The van der Waals surface area contributed by atoms with Gasteiger partial charge in [0.2, 0.25) is 10.0 Å². The number of rotatable bonds is 3. The summed E-state index contributed by atoms with van der Waals surface area (Å²) >= 11 is 5.79. The maximum Gasteiger partial charge on any atom is 0.242 e. The molecule has 0 spiro atoms. The number of sulfonamides is 1. The number of benzene rings is 1. The average Bonchev–Trinajstić information content (AvgIpc) is 2.89. The van der Waals surface area contributed by atoms with E-state index >= 15 is 0 Å². The Labute approximate surface area is 118 Å². The molecule has 0 amide bonds. The zero-order chi connectivity index (χ0) is 13.6. The minimum atomic E-state index is -3.55. The second kappa shape index (κ2) is 4.65. The molecule has 6 heteroatoms. The van der Waals surface area contributed by atoms with Gasteiger partial charge in [-0.15, -0.1) is 0 Å². The Morgan fingerprint density at radius 1 is 1.26 bits per heavy atom. The summed E-state index contributed by atoms with van der Waals surface area (Å²) in [5.41, 5.74) is 5.95. The highest BCUT2D eigenvalue weighted by Crippen LogP contribution is 2.44. The van der Waals surface area contributed by atoms with Gasteiger partial charge in [0.1, 0.15) is 4.90 Å². The summed E-state index contributed by atoms with van der Waals surface area (Å²) in [5.74, 6) is 1.19. The van der Waals surface area contributed by atoms with E-state index in [1.807, 2.05) is 0 Å². The van der Waals surface area contributed by atoms with Gasteiger partial charge in [0.05, 0.1) is 5.69 Å². The van der Waals surface area contributed by atoms with Crippen LogP contribution >= 0.6 is 11.6 Å². The molecule has 2 aliphatic carbocycles. The molecule has 1 aromatic carbocycles. The summed E-state index contributed by atoms with van der Waals surface area (Å²) in [5, 5.41) is 0.441. The topological polar surface area (TPSA) is 72.2 Å².